The van der Waals surface area contributed by atoms with Crippen LogP contribution in [0.3, 0.4) is 0 Å². The minimum absolute atomic E-state index is 0.0223. The second-order valence-electron chi connectivity index (χ2n) is 8.13. The Labute approximate surface area is 169 Å². The van der Waals surface area contributed by atoms with Crippen LogP contribution in [0.15, 0.2) is 54.6 Å². The minimum atomic E-state index is -0.344. The van der Waals surface area contributed by atoms with Gasteiger partial charge in [-0.05, 0) is 56.0 Å². The number of nitrogens with zero attached hydrogens (tertiary/aromatic N) is 2. The van der Waals surface area contributed by atoms with Crippen molar-refractivity contribution in [1.29, 1.82) is 0 Å². The maximum atomic E-state index is 13.9. The number of rotatable bonds is 2. The lowest BCUT2D eigenvalue weighted by molar-refractivity contribution is 0.0760. The van der Waals surface area contributed by atoms with Gasteiger partial charge < -0.3 is 10.2 Å². The van der Waals surface area contributed by atoms with Crippen molar-refractivity contribution in [2.75, 3.05) is 26.2 Å². The third-order valence-electron chi connectivity index (χ3n) is 6.38. The molecule has 1 N–H and O–H groups in total. The highest BCUT2D eigenvalue weighted by Gasteiger charge is 2.32. The SMILES string of the molecule is O=C(c1cc(-c2ccccc2)nc2cc(F)ccc12)N1CC[C@@H]2CNC[C@@H]2CC1. The van der Waals surface area contributed by atoms with Gasteiger partial charge in [0.25, 0.3) is 5.91 Å². The number of carbonyl (C=O) groups is 1. The van der Waals surface area contributed by atoms with E-state index in [2.05, 4.69) is 10.3 Å². The Morgan fingerprint density at radius 1 is 1.00 bits per heavy atom. The molecule has 5 rings (SSSR count). The van der Waals surface area contributed by atoms with Crippen molar-refractivity contribution in [3.8, 4) is 11.3 Å². The Kier molecular flexibility index (Phi) is 4.76. The Hall–Kier alpha value is -2.79. The molecule has 3 heterocycles. The number of carbonyl (C=O) groups excluding carboxylic acids is 1. The van der Waals surface area contributed by atoms with Crippen LogP contribution in [0.4, 0.5) is 4.39 Å². The van der Waals surface area contributed by atoms with Gasteiger partial charge in [0.15, 0.2) is 0 Å². The van der Waals surface area contributed by atoms with Crippen LogP contribution in [0.1, 0.15) is 23.2 Å². The van der Waals surface area contributed by atoms with E-state index in [-0.39, 0.29) is 11.7 Å². The second-order valence-corrected chi connectivity index (χ2v) is 8.13. The van der Waals surface area contributed by atoms with Crippen LogP contribution in [-0.4, -0.2) is 42.0 Å². The summed E-state index contributed by atoms with van der Waals surface area (Å²) in [6, 6.07) is 16.1. The van der Waals surface area contributed by atoms with Crippen molar-refractivity contribution >= 4 is 16.8 Å². The number of nitrogens with one attached hydrogen (secondary N) is 1. The van der Waals surface area contributed by atoms with Crippen LogP contribution in [-0.2, 0) is 0 Å². The molecule has 4 nitrogen and oxygen atoms in total. The summed E-state index contributed by atoms with van der Waals surface area (Å²) in [4.78, 5) is 20.2. The van der Waals surface area contributed by atoms with Gasteiger partial charge in [-0.3, -0.25) is 4.79 Å². The lowest BCUT2D eigenvalue weighted by atomic mass is 9.92. The Morgan fingerprint density at radius 3 is 2.45 bits per heavy atom. The number of likely N-dealkylation sites (tertiary alicyclic amines) is 1. The van der Waals surface area contributed by atoms with Crippen LogP contribution in [0.2, 0.25) is 0 Å². The number of hydrogen-bond acceptors (Lipinski definition) is 3. The van der Waals surface area contributed by atoms with Gasteiger partial charge in [-0.1, -0.05) is 30.3 Å². The molecular formula is C24H24FN3O. The predicted molar refractivity (Wildman–Crippen MR) is 112 cm³/mol. The number of fused-ring (bicyclic) bond motifs is 2. The summed E-state index contributed by atoms with van der Waals surface area (Å²) in [5.41, 5.74) is 2.75. The van der Waals surface area contributed by atoms with Gasteiger partial charge in [-0.2, -0.15) is 0 Å². The molecule has 0 radical (unpaired) electrons. The Balaban J connectivity index is 1.55. The van der Waals surface area contributed by atoms with Crippen LogP contribution in [0.25, 0.3) is 22.2 Å². The maximum Gasteiger partial charge on any atom is 0.254 e. The van der Waals surface area contributed by atoms with E-state index in [9.17, 15) is 9.18 Å². The topological polar surface area (TPSA) is 45.2 Å². The zero-order valence-corrected chi connectivity index (χ0v) is 16.3. The number of amides is 1. The highest BCUT2D eigenvalue weighted by molar-refractivity contribution is 6.07. The normalized spacial score (nSPS) is 21.8. The molecule has 2 aliphatic heterocycles. The Bertz CT molecular complexity index is 1040. The van der Waals surface area contributed by atoms with Crippen molar-refractivity contribution in [2.24, 2.45) is 11.8 Å². The number of halogens is 1. The van der Waals surface area contributed by atoms with Crippen LogP contribution >= 0.6 is 0 Å². The minimum Gasteiger partial charge on any atom is -0.339 e. The molecule has 148 valence electrons. The molecule has 0 saturated carbocycles. The lowest BCUT2D eigenvalue weighted by Gasteiger charge is -2.22. The van der Waals surface area contributed by atoms with Crippen LogP contribution in [0.5, 0.6) is 0 Å². The van der Waals surface area contributed by atoms with E-state index < -0.39 is 0 Å². The predicted octanol–water partition coefficient (Wildman–Crippen LogP) is 4.11. The molecule has 2 aliphatic rings. The number of benzene rings is 2. The van der Waals surface area contributed by atoms with E-state index in [0.717, 1.165) is 44.6 Å². The van der Waals surface area contributed by atoms with E-state index in [4.69, 9.17) is 0 Å². The third-order valence-corrected chi connectivity index (χ3v) is 6.38. The first-order valence-corrected chi connectivity index (χ1v) is 10.3. The molecule has 29 heavy (non-hydrogen) atoms. The fourth-order valence-corrected chi connectivity index (χ4v) is 4.73. The first-order valence-electron chi connectivity index (χ1n) is 10.3. The van der Waals surface area contributed by atoms with E-state index in [1.807, 2.05) is 41.3 Å². The van der Waals surface area contributed by atoms with Crippen molar-refractivity contribution in [3.63, 3.8) is 0 Å². The summed E-state index contributed by atoms with van der Waals surface area (Å²) in [7, 11) is 0. The summed E-state index contributed by atoms with van der Waals surface area (Å²) in [6.07, 6.45) is 2.07. The van der Waals surface area contributed by atoms with Crippen LogP contribution in [0, 0.1) is 17.7 Å². The van der Waals surface area contributed by atoms with Crippen molar-refractivity contribution in [3.05, 3.63) is 66.0 Å². The van der Waals surface area contributed by atoms with Gasteiger partial charge in [0.1, 0.15) is 5.82 Å². The third kappa shape index (κ3) is 3.51. The summed E-state index contributed by atoms with van der Waals surface area (Å²) >= 11 is 0. The van der Waals surface area contributed by atoms with E-state index in [1.54, 1.807) is 6.07 Å². The number of pyridine rings is 1. The first-order chi connectivity index (χ1) is 14.2. The van der Waals surface area contributed by atoms with Gasteiger partial charge in [-0.25, -0.2) is 9.37 Å². The quantitative estimate of drug-likeness (QED) is 0.717. The van der Waals surface area contributed by atoms with Crippen molar-refractivity contribution in [2.45, 2.75) is 12.8 Å². The molecule has 2 fully saturated rings. The van der Waals surface area contributed by atoms with Gasteiger partial charge in [0.2, 0.25) is 0 Å². The van der Waals surface area contributed by atoms with E-state index >= 15 is 0 Å². The van der Waals surface area contributed by atoms with E-state index in [1.165, 1.54) is 12.1 Å². The molecule has 1 aromatic heterocycles. The van der Waals surface area contributed by atoms with Gasteiger partial charge in [0.05, 0.1) is 16.8 Å². The molecule has 2 saturated heterocycles. The smallest absolute Gasteiger partial charge is 0.254 e. The number of aromatic nitrogens is 1. The average molecular weight is 389 g/mol. The van der Waals surface area contributed by atoms with Gasteiger partial charge in [-0.15, -0.1) is 0 Å². The van der Waals surface area contributed by atoms with Crippen LogP contribution < -0.4 is 5.32 Å². The zero-order chi connectivity index (χ0) is 19.8. The molecule has 2 aromatic carbocycles. The molecule has 0 spiro atoms. The van der Waals surface area contributed by atoms with Gasteiger partial charge >= 0.3 is 0 Å². The second kappa shape index (κ2) is 7.56. The molecular weight excluding hydrogens is 365 g/mol. The highest BCUT2D eigenvalue weighted by atomic mass is 19.1. The molecule has 0 aliphatic carbocycles. The molecule has 5 heteroatoms. The van der Waals surface area contributed by atoms with Crippen molar-refractivity contribution < 1.29 is 9.18 Å². The maximum absolute atomic E-state index is 13.9. The standard InChI is InChI=1S/C24H24FN3O/c25-19-6-7-20-21(13-22(27-23(20)12-19)16-4-2-1-3-5-16)24(29)28-10-8-17-14-26-15-18(17)9-11-28/h1-7,12-13,17-18,26H,8-11,14-15H2/t17-,18+. The van der Waals surface area contributed by atoms with E-state index in [0.29, 0.717) is 34.0 Å². The Morgan fingerprint density at radius 2 is 1.72 bits per heavy atom. The highest BCUT2D eigenvalue weighted by Crippen LogP contribution is 2.30. The average Bonchev–Trinajstić information content (AvgIpc) is 3.11. The summed E-state index contributed by atoms with van der Waals surface area (Å²) < 4.78 is 13.9. The summed E-state index contributed by atoms with van der Waals surface area (Å²) in [5.74, 6) is 1.00. The fraction of sp³-hybridized carbons (Fsp3) is 0.333. The zero-order valence-electron chi connectivity index (χ0n) is 16.3. The summed E-state index contributed by atoms with van der Waals surface area (Å²) in [5, 5.41) is 4.19. The molecule has 0 unspecified atom stereocenters. The lowest BCUT2D eigenvalue weighted by Crippen LogP contribution is -2.33. The monoisotopic (exact) mass is 389 g/mol. The molecule has 2 atom stereocenters. The molecule has 0 bridgehead atoms. The first kappa shape index (κ1) is 18.3. The molecule has 3 aromatic rings. The largest absolute Gasteiger partial charge is 0.339 e. The van der Waals surface area contributed by atoms with Gasteiger partial charge in [0, 0.05) is 30.1 Å². The summed E-state index contributed by atoms with van der Waals surface area (Å²) in [6.45, 7) is 3.66. The fourth-order valence-electron chi connectivity index (χ4n) is 4.73. The number of hydrogen-bond donors (Lipinski definition) is 1. The van der Waals surface area contributed by atoms with Crippen molar-refractivity contribution in [1.82, 2.24) is 15.2 Å². The molecule has 1 amide bonds.